The van der Waals surface area contributed by atoms with Gasteiger partial charge in [-0.3, -0.25) is 0 Å². The molecule has 0 spiro atoms. The number of rotatable bonds is 1. The molecule has 2 N–H and O–H groups in total. The smallest absolute Gasteiger partial charge is 0.0587 e. The molecular formula is C7H15NO. The molecule has 1 rings (SSSR count). The normalized spacial score (nSPS) is 36.7. The van der Waals surface area contributed by atoms with Crippen molar-refractivity contribution in [1.29, 1.82) is 0 Å². The Hall–Kier alpha value is -0.0800. The van der Waals surface area contributed by atoms with E-state index in [0.29, 0.717) is 12.1 Å². The van der Waals surface area contributed by atoms with Gasteiger partial charge >= 0.3 is 0 Å². The van der Waals surface area contributed by atoms with E-state index in [4.69, 9.17) is 10.5 Å². The van der Waals surface area contributed by atoms with Crippen LogP contribution in [0.2, 0.25) is 0 Å². The van der Waals surface area contributed by atoms with Crippen molar-refractivity contribution >= 4 is 0 Å². The highest BCUT2D eigenvalue weighted by molar-refractivity contribution is 4.71. The Morgan fingerprint density at radius 1 is 1.67 bits per heavy atom. The summed E-state index contributed by atoms with van der Waals surface area (Å²) in [5.41, 5.74) is 5.72. The van der Waals surface area contributed by atoms with Gasteiger partial charge in [-0.1, -0.05) is 6.92 Å². The molecule has 0 unspecified atom stereocenters. The summed E-state index contributed by atoms with van der Waals surface area (Å²) in [5, 5.41) is 0. The van der Waals surface area contributed by atoms with Crippen LogP contribution in [-0.4, -0.2) is 18.8 Å². The van der Waals surface area contributed by atoms with Gasteiger partial charge < -0.3 is 10.5 Å². The lowest BCUT2D eigenvalue weighted by molar-refractivity contribution is 0.00622. The molecule has 2 nitrogen and oxygen atoms in total. The van der Waals surface area contributed by atoms with Gasteiger partial charge in [0.1, 0.15) is 0 Å². The van der Waals surface area contributed by atoms with Crippen molar-refractivity contribution in [3.05, 3.63) is 0 Å². The Morgan fingerprint density at radius 3 is 2.89 bits per heavy atom. The second-order valence-electron chi connectivity index (χ2n) is 2.69. The first-order chi connectivity index (χ1) is 4.33. The van der Waals surface area contributed by atoms with Crippen LogP contribution in [0.5, 0.6) is 0 Å². The number of hydrogen-bond donors (Lipinski definition) is 1. The van der Waals surface area contributed by atoms with E-state index in [1.54, 1.807) is 0 Å². The number of nitrogens with two attached hydrogens (primary N) is 1. The van der Waals surface area contributed by atoms with Crippen molar-refractivity contribution in [1.82, 2.24) is 0 Å². The van der Waals surface area contributed by atoms with E-state index in [2.05, 4.69) is 6.92 Å². The van der Waals surface area contributed by atoms with Crippen molar-refractivity contribution in [3.63, 3.8) is 0 Å². The summed E-state index contributed by atoms with van der Waals surface area (Å²) in [7, 11) is 0. The molecule has 2 atom stereocenters. The Kier molecular flexibility index (Phi) is 2.49. The van der Waals surface area contributed by atoms with Crippen LogP contribution in [0.3, 0.4) is 0 Å². The molecule has 54 valence electrons. The van der Waals surface area contributed by atoms with E-state index in [0.717, 1.165) is 25.9 Å². The first kappa shape index (κ1) is 7.03. The maximum Gasteiger partial charge on any atom is 0.0587 e. The Balaban J connectivity index is 2.23. The molecule has 1 fully saturated rings. The third-order valence-corrected chi connectivity index (χ3v) is 1.86. The van der Waals surface area contributed by atoms with Crippen LogP contribution in [0.25, 0.3) is 0 Å². The lowest BCUT2D eigenvalue weighted by atomic mass is 10.0. The predicted octanol–water partition coefficient (Wildman–Crippen LogP) is 0.903. The average Bonchev–Trinajstić information content (AvgIpc) is 1.88. The second kappa shape index (κ2) is 3.18. The van der Waals surface area contributed by atoms with Gasteiger partial charge in [0.2, 0.25) is 0 Å². The van der Waals surface area contributed by atoms with E-state index in [1.807, 2.05) is 0 Å². The van der Waals surface area contributed by atoms with E-state index in [9.17, 15) is 0 Å². The van der Waals surface area contributed by atoms with Crippen LogP contribution in [-0.2, 0) is 4.74 Å². The molecule has 0 amide bonds. The summed E-state index contributed by atoms with van der Waals surface area (Å²) < 4.78 is 5.42. The zero-order valence-corrected chi connectivity index (χ0v) is 5.97. The van der Waals surface area contributed by atoms with Gasteiger partial charge in [0.25, 0.3) is 0 Å². The van der Waals surface area contributed by atoms with Crippen molar-refractivity contribution in [2.45, 2.75) is 38.3 Å². The fourth-order valence-corrected chi connectivity index (χ4v) is 1.19. The molecule has 0 aliphatic carbocycles. The van der Waals surface area contributed by atoms with Gasteiger partial charge in [0.05, 0.1) is 6.10 Å². The molecular weight excluding hydrogens is 114 g/mol. The molecule has 1 heterocycles. The molecule has 1 aliphatic heterocycles. The van der Waals surface area contributed by atoms with Crippen LogP contribution in [0.1, 0.15) is 26.2 Å². The molecule has 0 bridgehead atoms. The second-order valence-corrected chi connectivity index (χ2v) is 2.69. The molecule has 1 aliphatic rings. The van der Waals surface area contributed by atoms with Gasteiger partial charge in [-0.05, 0) is 19.3 Å². The number of ether oxygens (including phenoxy) is 1. The SMILES string of the molecule is CC[C@H]1C[C@@H](N)CCO1. The summed E-state index contributed by atoms with van der Waals surface area (Å²) >= 11 is 0. The molecule has 0 saturated carbocycles. The van der Waals surface area contributed by atoms with Crippen molar-refractivity contribution < 1.29 is 4.74 Å². The highest BCUT2D eigenvalue weighted by atomic mass is 16.5. The quantitative estimate of drug-likeness (QED) is 0.571. The monoisotopic (exact) mass is 129 g/mol. The van der Waals surface area contributed by atoms with E-state index in [-0.39, 0.29) is 0 Å². The van der Waals surface area contributed by atoms with Gasteiger partial charge in [0, 0.05) is 12.6 Å². The zero-order chi connectivity index (χ0) is 6.69. The minimum atomic E-state index is 0.392. The van der Waals surface area contributed by atoms with Gasteiger partial charge in [-0.15, -0.1) is 0 Å². The van der Waals surface area contributed by atoms with Gasteiger partial charge in [-0.25, -0.2) is 0 Å². The first-order valence-corrected chi connectivity index (χ1v) is 3.70. The van der Waals surface area contributed by atoms with E-state index < -0.39 is 0 Å². The highest BCUT2D eigenvalue weighted by Gasteiger charge is 2.17. The van der Waals surface area contributed by atoms with Crippen LogP contribution < -0.4 is 5.73 Å². The standard InChI is InChI=1S/C7H15NO/c1-2-7-5-6(8)3-4-9-7/h6-7H,2-5,8H2,1H3/t6-,7-/m0/s1. The molecule has 0 aromatic carbocycles. The summed E-state index contributed by atoms with van der Waals surface area (Å²) in [6.07, 6.45) is 3.63. The van der Waals surface area contributed by atoms with Crippen molar-refractivity contribution in [2.24, 2.45) is 5.73 Å². The third kappa shape index (κ3) is 1.95. The highest BCUT2D eigenvalue weighted by Crippen LogP contribution is 2.13. The third-order valence-electron chi connectivity index (χ3n) is 1.86. The van der Waals surface area contributed by atoms with Crippen LogP contribution in [0.4, 0.5) is 0 Å². The fourth-order valence-electron chi connectivity index (χ4n) is 1.19. The summed E-state index contributed by atoms with van der Waals surface area (Å²) in [6, 6.07) is 0.392. The molecule has 2 heteroatoms. The van der Waals surface area contributed by atoms with Crippen molar-refractivity contribution in [2.75, 3.05) is 6.61 Å². The lowest BCUT2D eigenvalue weighted by Crippen LogP contribution is -2.34. The maximum absolute atomic E-state index is 5.72. The van der Waals surface area contributed by atoms with Crippen LogP contribution >= 0.6 is 0 Å². The fraction of sp³-hybridized carbons (Fsp3) is 1.00. The molecule has 9 heavy (non-hydrogen) atoms. The van der Waals surface area contributed by atoms with Crippen LogP contribution in [0.15, 0.2) is 0 Å². The van der Waals surface area contributed by atoms with Crippen molar-refractivity contribution in [3.8, 4) is 0 Å². The molecule has 0 aromatic rings. The molecule has 1 saturated heterocycles. The summed E-state index contributed by atoms with van der Waals surface area (Å²) in [5.74, 6) is 0. The summed E-state index contributed by atoms with van der Waals surface area (Å²) in [6.45, 7) is 3.00. The van der Waals surface area contributed by atoms with Gasteiger partial charge in [0.15, 0.2) is 0 Å². The largest absolute Gasteiger partial charge is 0.378 e. The molecule has 0 radical (unpaired) electrons. The Bertz CT molecular complexity index is 85.0. The lowest BCUT2D eigenvalue weighted by Gasteiger charge is -2.25. The molecule has 0 aromatic heterocycles. The minimum Gasteiger partial charge on any atom is -0.378 e. The van der Waals surface area contributed by atoms with Crippen LogP contribution in [0, 0.1) is 0 Å². The topological polar surface area (TPSA) is 35.2 Å². The summed E-state index contributed by atoms with van der Waals surface area (Å²) in [4.78, 5) is 0. The minimum absolute atomic E-state index is 0.392. The Morgan fingerprint density at radius 2 is 2.44 bits per heavy atom. The Labute approximate surface area is 56.4 Å². The van der Waals surface area contributed by atoms with Gasteiger partial charge in [-0.2, -0.15) is 0 Å². The van der Waals surface area contributed by atoms with E-state index in [1.165, 1.54) is 0 Å². The predicted molar refractivity (Wildman–Crippen MR) is 37.2 cm³/mol. The average molecular weight is 129 g/mol. The number of hydrogen-bond acceptors (Lipinski definition) is 2. The van der Waals surface area contributed by atoms with E-state index >= 15 is 0 Å². The first-order valence-electron chi connectivity index (χ1n) is 3.70. The zero-order valence-electron chi connectivity index (χ0n) is 5.97. The maximum atomic E-state index is 5.72.